The Balaban J connectivity index is 1.74. The quantitative estimate of drug-likeness (QED) is 0.376. The second kappa shape index (κ2) is 8.90. The zero-order chi connectivity index (χ0) is 23.4. The summed E-state index contributed by atoms with van der Waals surface area (Å²) in [4.78, 5) is 28.6. The summed E-state index contributed by atoms with van der Waals surface area (Å²) < 4.78 is 0. The van der Waals surface area contributed by atoms with Crippen molar-refractivity contribution in [2.24, 2.45) is 0 Å². The van der Waals surface area contributed by atoms with Crippen molar-refractivity contribution >= 4 is 0 Å². The minimum absolute atomic E-state index is 0.708. The summed E-state index contributed by atoms with van der Waals surface area (Å²) in [6.45, 7) is 4.18. The maximum atomic E-state index is 5.20. The van der Waals surface area contributed by atoms with Gasteiger partial charge in [-0.25, -0.2) is 0 Å². The van der Waals surface area contributed by atoms with Crippen molar-refractivity contribution in [1.82, 2.24) is 29.9 Å². The molecule has 0 spiro atoms. The fraction of sp³-hybridized carbons (Fsp3) is 0.143. The van der Waals surface area contributed by atoms with Crippen LogP contribution in [-0.4, -0.2) is 29.9 Å². The van der Waals surface area contributed by atoms with E-state index in [1.54, 1.807) is 37.2 Å². The molecule has 0 bridgehead atoms. The number of hydrogen-bond acceptors (Lipinski definition) is 6. The standard InChI is InChI=1S/C28H24N6/c1-27(21-11-3-7-15-30-21,22-12-4-8-16-31-22)25-19-29-20-26(34-25)28(2,23-13-5-9-17-32-23)24-14-6-10-18-33-24/h3-20H,1-2H3. The van der Waals surface area contributed by atoms with Crippen molar-refractivity contribution in [3.05, 3.63) is 144 Å². The lowest BCUT2D eigenvalue weighted by Crippen LogP contribution is -2.33. The molecule has 6 heteroatoms. The van der Waals surface area contributed by atoms with E-state index in [9.17, 15) is 0 Å². The number of hydrogen-bond donors (Lipinski definition) is 0. The molecule has 0 saturated heterocycles. The summed E-state index contributed by atoms with van der Waals surface area (Å²) in [6.07, 6.45) is 10.8. The van der Waals surface area contributed by atoms with E-state index < -0.39 is 10.8 Å². The van der Waals surface area contributed by atoms with Gasteiger partial charge in [-0.05, 0) is 62.4 Å². The van der Waals surface area contributed by atoms with E-state index >= 15 is 0 Å². The lowest BCUT2D eigenvalue weighted by atomic mass is 9.77. The molecule has 34 heavy (non-hydrogen) atoms. The predicted molar refractivity (Wildman–Crippen MR) is 130 cm³/mol. The van der Waals surface area contributed by atoms with Gasteiger partial charge in [-0.15, -0.1) is 0 Å². The van der Waals surface area contributed by atoms with Crippen LogP contribution in [0.4, 0.5) is 0 Å². The third-order valence-corrected chi connectivity index (χ3v) is 6.37. The van der Waals surface area contributed by atoms with Gasteiger partial charge in [0, 0.05) is 37.2 Å². The van der Waals surface area contributed by atoms with Gasteiger partial charge >= 0.3 is 0 Å². The molecule has 0 N–H and O–H groups in total. The molecular formula is C28H24N6. The maximum absolute atomic E-state index is 5.20. The zero-order valence-corrected chi connectivity index (χ0v) is 19.1. The van der Waals surface area contributed by atoms with E-state index in [1.807, 2.05) is 72.8 Å². The van der Waals surface area contributed by atoms with Gasteiger partial charge in [-0.2, -0.15) is 0 Å². The maximum Gasteiger partial charge on any atom is 0.0954 e. The lowest BCUT2D eigenvalue weighted by Gasteiger charge is -2.31. The van der Waals surface area contributed by atoms with Crippen LogP contribution in [0.5, 0.6) is 0 Å². The van der Waals surface area contributed by atoms with Crippen molar-refractivity contribution < 1.29 is 0 Å². The van der Waals surface area contributed by atoms with Crippen molar-refractivity contribution in [2.75, 3.05) is 0 Å². The van der Waals surface area contributed by atoms with Crippen LogP contribution in [0.2, 0.25) is 0 Å². The van der Waals surface area contributed by atoms with Gasteiger partial charge in [-0.1, -0.05) is 24.3 Å². The van der Waals surface area contributed by atoms with Gasteiger partial charge in [0.2, 0.25) is 0 Å². The van der Waals surface area contributed by atoms with Gasteiger partial charge in [0.05, 0.1) is 45.0 Å². The van der Waals surface area contributed by atoms with Gasteiger partial charge in [0.25, 0.3) is 0 Å². The molecule has 5 aromatic heterocycles. The van der Waals surface area contributed by atoms with Gasteiger partial charge < -0.3 is 0 Å². The van der Waals surface area contributed by atoms with Gasteiger partial charge in [0.15, 0.2) is 0 Å². The molecule has 0 atom stereocenters. The van der Waals surface area contributed by atoms with Crippen molar-refractivity contribution in [2.45, 2.75) is 24.7 Å². The normalized spacial score (nSPS) is 11.8. The average Bonchev–Trinajstić information content (AvgIpc) is 2.94. The number of pyridine rings is 4. The first-order valence-electron chi connectivity index (χ1n) is 11.1. The summed E-state index contributed by atoms with van der Waals surface area (Å²) in [7, 11) is 0. The second-order valence-electron chi connectivity index (χ2n) is 8.40. The Kier molecular flexibility index (Phi) is 5.64. The molecule has 6 nitrogen and oxygen atoms in total. The largest absolute Gasteiger partial charge is 0.261 e. The third-order valence-electron chi connectivity index (χ3n) is 6.37. The molecular weight excluding hydrogens is 420 g/mol. The number of nitrogens with zero attached hydrogens (tertiary/aromatic N) is 6. The van der Waals surface area contributed by atoms with Crippen LogP contribution in [0.25, 0.3) is 0 Å². The number of aromatic nitrogens is 6. The third kappa shape index (κ3) is 3.63. The molecule has 0 unspecified atom stereocenters. The van der Waals surface area contributed by atoms with Crippen LogP contribution in [0.1, 0.15) is 48.0 Å². The molecule has 0 amide bonds. The van der Waals surface area contributed by atoms with Crippen molar-refractivity contribution in [1.29, 1.82) is 0 Å². The van der Waals surface area contributed by atoms with Crippen molar-refractivity contribution in [3.63, 3.8) is 0 Å². The Morgan fingerprint density at radius 1 is 0.441 bits per heavy atom. The van der Waals surface area contributed by atoms with Crippen LogP contribution in [-0.2, 0) is 10.8 Å². The summed E-state index contributed by atoms with van der Waals surface area (Å²) in [6, 6.07) is 23.5. The smallest absolute Gasteiger partial charge is 0.0954 e. The SMILES string of the molecule is CC(c1ccccn1)(c1ccccn1)c1cncc(C(C)(c2ccccn2)c2ccccn2)n1. The van der Waals surface area contributed by atoms with Crippen LogP contribution < -0.4 is 0 Å². The molecule has 0 fully saturated rings. The molecule has 166 valence electrons. The first kappa shape index (κ1) is 21.5. The Hall–Kier alpha value is -4.32. The first-order chi connectivity index (χ1) is 16.6. The van der Waals surface area contributed by atoms with E-state index in [2.05, 4.69) is 38.8 Å². The zero-order valence-electron chi connectivity index (χ0n) is 19.1. The average molecular weight is 445 g/mol. The fourth-order valence-electron chi connectivity index (χ4n) is 4.27. The molecule has 0 saturated carbocycles. The molecule has 0 aliphatic carbocycles. The predicted octanol–water partition coefficient (Wildman–Crippen LogP) is 4.77. The molecule has 5 aromatic rings. The first-order valence-corrected chi connectivity index (χ1v) is 11.1. The minimum atomic E-state index is -0.708. The van der Waals surface area contributed by atoms with Gasteiger partial charge in [0.1, 0.15) is 0 Å². The Morgan fingerprint density at radius 3 is 1.03 bits per heavy atom. The Labute approximate surface area is 198 Å². The summed E-state index contributed by atoms with van der Waals surface area (Å²) in [5, 5.41) is 0. The molecule has 5 heterocycles. The summed E-state index contributed by atoms with van der Waals surface area (Å²) in [5.41, 5.74) is 3.47. The van der Waals surface area contributed by atoms with E-state index in [4.69, 9.17) is 4.98 Å². The highest BCUT2D eigenvalue weighted by Crippen LogP contribution is 2.39. The lowest BCUT2D eigenvalue weighted by molar-refractivity contribution is 0.575. The van der Waals surface area contributed by atoms with Crippen LogP contribution in [0.15, 0.2) is 110 Å². The minimum Gasteiger partial charge on any atom is -0.261 e. The molecule has 0 aromatic carbocycles. The highest BCUT2D eigenvalue weighted by Gasteiger charge is 2.40. The van der Waals surface area contributed by atoms with Crippen molar-refractivity contribution in [3.8, 4) is 0 Å². The van der Waals surface area contributed by atoms with E-state index in [1.165, 1.54) is 0 Å². The summed E-state index contributed by atoms with van der Waals surface area (Å²) in [5.74, 6) is 0. The van der Waals surface area contributed by atoms with E-state index in [0.29, 0.717) is 0 Å². The fourth-order valence-corrected chi connectivity index (χ4v) is 4.27. The van der Waals surface area contributed by atoms with Crippen LogP contribution in [0, 0.1) is 0 Å². The van der Waals surface area contributed by atoms with Gasteiger partial charge in [-0.3, -0.25) is 29.9 Å². The molecule has 0 radical (unpaired) electrons. The second-order valence-corrected chi connectivity index (χ2v) is 8.40. The van der Waals surface area contributed by atoms with E-state index in [-0.39, 0.29) is 0 Å². The summed E-state index contributed by atoms with van der Waals surface area (Å²) >= 11 is 0. The Morgan fingerprint density at radius 2 is 0.765 bits per heavy atom. The molecule has 0 aliphatic rings. The topological polar surface area (TPSA) is 77.3 Å². The Bertz CT molecular complexity index is 1180. The van der Waals surface area contributed by atoms with Crippen LogP contribution >= 0.6 is 0 Å². The van der Waals surface area contributed by atoms with Crippen LogP contribution in [0.3, 0.4) is 0 Å². The van der Waals surface area contributed by atoms with E-state index in [0.717, 1.165) is 34.2 Å². The monoisotopic (exact) mass is 444 g/mol. The number of rotatable bonds is 6. The molecule has 0 aliphatic heterocycles. The molecule has 5 rings (SSSR count). The highest BCUT2D eigenvalue weighted by molar-refractivity contribution is 5.44. The highest BCUT2D eigenvalue weighted by atomic mass is 14.9.